The first-order chi connectivity index (χ1) is 12.1. The zero-order chi connectivity index (χ0) is 17.6. The molecule has 0 fully saturated rings. The summed E-state index contributed by atoms with van der Waals surface area (Å²) in [5.74, 6) is 0.920. The third-order valence-corrected chi connectivity index (χ3v) is 4.83. The average Bonchev–Trinajstić information content (AvgIpc) is 3.19. The Morgan fingerprint density at radius 3 is 2.72 bits per heavy atom. The normalized spacial score (nSPS) is 15.3. The highest BCUT2D eigenvalue weighted by Crippen LogP contribution is 2.41. The summed E-state index contributed by atoms with van der Waals surface area (Å²) in [6.45, 7) is 3.79. The molecule has 6 nitrogen and oxygen atoms in total. The van der Waals surface area contributed by atoms with Crippen molar-refractivity contribution in [3.63, 3.8) is 0 Å². The van der Waals surface area contributed by atoms with Crippen molar-refractivity contribution < 1.29 is 14.4 Å². The lowest BCUT2D eigenvalue weighted by Crippen LogP contribution is -2.25. The van der Waals surface area contributed by atoms with Crippen molar-refractivity contribution in [1.82, 2.24) is 4.98 Å². The van der Waals surface area contributed by atoms with Crippen LogP contribution in [0.5, 0.6) is 11.5 Å². The number of nitrogens with zero attached hydrogens (tertiary/aromatic N) is 1. The van der Waals surface area contributed by atoms with Crippen molar-refractivity contribution in [3.05, 3.63) is 69.4 Å². The van der Waals surface area contributed by atoms with Crippen LogP contribution in [0, 0.1) is 17.0 Å². The predicted molar refractivity (Wildman–Crippen MR) is 93.9 cm³/mol. The second kappa shape index (κ2) is 5.81. The molecule has 1 aromatic heterocycles. The Morgan fingerprint density at radius 2 is 1.92 bits per heavy atom. The van der Waals surface area contributed by atoms with Crippen LogP contribution in [0.3, 0.4) is 0 Å². The molecule has 0 saturated carbocycles. The van der Waals surface area contributed by atoms with Gasteiger partial charge in [-0.2, -0.15) is 0 Å². The van der Waals surface area contributed by atoms with Gasteiger partial charge in [-0.25, -0.2) is 0 Å². The van der Waals surface area contributed by atoms with Crippen molar-refractivity contribution in [3.8, 4) is 11.5 Å². The molecule has 2 atom stereocenters. The average molecular weight is 338 g/mol. The summed E-state index contributed by atoms with van der Waals surface area (Å²) in [6.07, 6.45) is 0. The largest absolute Gasteiger partial charge is 0.454 e. The Balaban J connectivity index is 1.92. The van der Waals surface area contributed by atoms with E-state index in [9.17, 15) is 10.1 Å². The third kappa shape index (κ3) is 2.50. The number of hydrogen-bond donors (Lipinski definition) is 1. The fourth-order valence-corrected chi connectivity index (χ4v) is 3.61. The minimum Gasteiger partial charge on any atom is -0.454 e. The van der Waals surface area contributed by atoms with E-state index in [1.807, 2.05) is 49.4 Å². The van der Waals surface area contributed by atoms with Gasteiger partial charge in [-0.15, -0.1) is 0 Å². The van der Waals surface area contributed by atoms with Gasteiger partial charge in [-0.3, -0.25) is 10.1 Å². The Morgan fingerprint density at radius 1 is 1.16 bits per heavy atom. The number of nitrogens with one attached hydrogen (secondary N) is 1. The van der Waals surface area contributed by atoms with Gasteiger partial charge in [0.2, 0.25) is 12.8 Å². The second-order valence-electron chi connectivity index (χ2n) is 6.33. The molecular weight excluding hydrogens is 320 g/mol. The summed E-state index contributed by atoms with van der Waals surface area (Å²) in [7, 11) is 0. The lowest BCUT2D eigenvalue weighted by atomic mass is 9.84. The number of nitro groups is 1. The van der Waals surface area contributed by atoms with Crippen molar-refractivity contribution in [2.45, 2.75) is 25.8 Å². The Bertz CT molecular complexity index is 963. The summed E-state index contributed by atoms with van der Waals surface area (Å²) in [6, 6.07) is 12.7. The smallest absolute Gasteiger partial charge is 0.231 e. The maximum atomic E-state index is 11.6. The van der Waals surface area contributed by atoms with Crippen LogP contribution < -0.4 is 9.47 Å². The van der Waals surface area contributed by atoms with Crippen LogP contribution in [0.15, 0.2) is 42.5 Å². The first-order valence-electron chi connectivity index (χ1n) is 8.16. The van der Waals surface area contributed by atoms with Crippen LogP contribution in [-0.2, 0) is 0 Å². The lowest BCUT2D eigenvalue weighted by Gasteiger charge is -2.20. The molecule has 0 aliphatic carbocycles. The van der Waals surface area contributed by atoms with E-state index in [-0.39, 0.29) is 17.6 Å². The molecule has 25 heavy (non-hydrogen) atoms. The van der Waals surface area contributed by atoms with Crippen molar-refractivity contribution >= 4 is 10.9 Å². The molecule has 0 radical (unpaired) electrons. The molecule has 0 amide bonds. The maximum absolute atomic E-state index is 11.6. The van der Waals surface area contributed by atoms with Gasteiger partial charge in [0.15, 0.2) is 11.5 Å². The fraction of sp³-hybridized carbons (Fsp3) is 0.263. The van der Waals surface area contributed by atoms with Crippen LogP contribution in [-0.4, -0.2) is 22.7 Å². The van der Waals surface area contributed by atoms with Crippen LogP contribution in [0.25, 0.3) is 10.9 Å². The number of aryl methyl sites for hydroxylation is 1. The monoisotopic (exact) mass is 338 g/mol. The SMILES string of the molecule is Cc1[nH]c2ccccc2c1[C@@H](c1ccc2c(c1)OCO2)[C@@H](C)[N+](=O)[O-]. The van der Waals surface area contributed by atoms with E-state index >= 15 is 0 Å². The quantitative estimate of drug-likeness (QED) is 0.576. The predicted octanol–water partition coefficient (Wildman–Crippen LogP) is 4.00. The Hall–Kier alpha value is -3.02. The molecule has 128 valence electrons. The maximum Gasteiger partial charge on any atom is 0.231 e. The number of ether oxygens (including phenoxy) is 2. The topological polar surface area (TPSA) is 77.4 Å². The highest BCUT2D eigenvalue weighted by molar-refractivity contribution is 5.85. The van der Waals surface area contributed by atoms with Gasteiger partial charge >= 0.3 is 0 Å². The fourth-order valence-electron chi connectivity index (χ4n) is 3.61. The van der Waals surface area contributed by atoms with Crippen LogP contribution in [0.4, 0.5) is 0 Å². The van der Waals surface area contributed by atoms with Crippen molar-refractivity contribution in [1.29, 1.82) is 0 Å². The van der Waals surface area contributed by atoms with Gasteiger partial charge < -0.3 is 14.5 Å². The number of aromatic amines is 1. The molecule has 2 heterocycles. The molecule has 1 aliphatic rings. The number of fused-ring (bicyclic) bond motifs is 2. The highest BCUT2D eigenvalue weighted by Gasteiger charge is 2.34. The Labute approximate surface area is 144 Å². The van der Waals surface area contributed by atoms with E-state index in [4.69, 9.17) is 9.47 Å². The molecule has 0 spiro atoms. The van der Waals surface area contributed by atoms with Crippen molar-refractivity contribution in [2.75, 3.05) is 6.79 Å². The van der Waals surface area contributed by atoms with Gasteiger partial charge in [0, 0.05) is 28.4 Å². The standard InChI is InChI=1S/C19H18N2O4/c1-11-18(14-5-3-4-6-15(14)20-11)19(12(2)21(22)23)13-7-8-16-17(9-13)25-10-24-16/h3-9,12,19-20H,10H2,1-2H3/t12-,19-/m1/s1. The summed E-state index contributed by atoms with van der Waals surface area (Å²) in [5.41, 5.74) is 3.73. The van der Waals surface area contributed by atoms with Gasteiger partial charge in [-0.1, -0.05) is 24.3 Å². The number of hydrogen-bond acceptors (Lipinski definition) is 4. The van der Waals surface area contributed by atoms with Crippen molar-refractivity contribution in [2.24, 2.45) is 0 Å². The minimum atomic E-state index is -0.779. The molecular formula is C19H18N2O4. The molecule has 4 rings (SSSR count). The van der Waals surface area contributed by atoms with Gasteiger partial charge in [0.05, 0.1) is 5.92 Å². The van der Waals surface area contributed by atoms with E-state index < -0.39 is 6.04 Å². The summed E-state index contributed by atoms with van der Waals surface area (Å²) < 4.78 is 10.8. The van der Waals surface area contributed by atoms with E-state index in [1.165, 1.54) is 0 Å². The molecule has 0 unspecified atom stereocenters. The Kier molecular flexibility index (Phi) is 3.60. The molecule has 0 bridgehead atoms. The van der Waals surface area contributed by atoms with Crippen LogP contribution >= 0.6 is 0 Å². The molecule has 1 aliphatic heterocycles. The van der Waals surface area contributed by atoms with Gasteiger partial charge in [-0.05, 0) is 36.2 Å². The molecule has 1 N–H and O–H groups in total. The molecule has 2 aromatic carbocycles. The van der Waals surface area contributed by atoms with Crippen LogP contribution in [0.1, 0.15) is 29.7 Å². The lowest BCUT2D eigenvalue weighted by molar-refractivity contribution is -0.520. The molecule has 0 saturated heterocycles. The minimum absolute atomic E-state index is 0.181. The number of rotatable bonds is 4. The zero-order valence-corrected chi connectivity index (χ0v) is 14.0. The highest BCUT2D eigenvalue weighted by atomic mass is 16.7. The van der Waals surface area contributed by atoms with Gasteiger partial charge in [0.1, 0.15) is 0 Å². The number of benzene rings is 2. The van der Waals surface area contributed by atoms with E-state index in [2.05, 4.69) is 4.98 Å². The van der Waals surface area contributed by atoms with E-state index in [0.29, 0.717) is 11.5 Å². The summed E-state index contributed by atoms with van der Waals surface area (Å²) >= 11 is 0. The number of para-hydroxylation sites is 1. The zero-order valence-electron chi connectivity index (χ0n) is 14.0. The second-order valence-corrected chi connectivity index (χ2v) is 6.33. The third-order valence-electron chi connectivity index (χ3n) is 4.83. The summed E-state index contributed by atoms with van der Waals surface area (Å²) in [4.78, 5) is 14.7. The first kappa shape index (κ1) is 15.5. The summed E-state index contributed by atoms with van der Waals surface area (Å²) in [5, 5.41) is 12.6. The first-order valence-corrected chi connectivity index (χ1v) is 8.16. The van der Waals surface area contributed by atoms with E-state index in [0.717, 1.165) is 27.7 Å². The van der Waals surface area contributed by atoms with E-state index in [1.54, 1.807) is 6.92 Å². The molecule has 3 aromatic rings. The number of aromatic nitrogens is 1. The molecule has 6 heteroatoms. The number of H-pyrrole nitrogens is 1. The van der Waals surface area contributed by atoms with Crippen LogP contribution in [0.2, 0.25) is 0 Å². The van der Waals surface area contributed by atoms with Gasteiger partial charge in [0.25, 0.3) is 0 Å².